The van der Waals surface area contributed by atoms with Crippen molar-refractivity contribution in [2.45, 2.75) is 0 Å². The Balaban J connectivity index is 0.00000196. The minimum absolute atomic E-state index is 0. The van der Waals surface area contributed by atoms with Gasteiger partial charge in [0.05, 0.1) is 5.82 Å². The van der Waals surface area contributed by atoms with Gasteiger partial charge in [-0.3, -0.25) is 4.79 Å². The van der Waals surface area contributed by atoms with E-state index in [2.05, 4.69) is 0 Å². The van der Waals surface area contributed by atoms with Crippen LogP contribution in [0.25, 0.3) is 0 Å². The number of nitrogens with two attached hydrogens (primary N) is 1. The third kappa shape index (κ3) is 3.88. The van der Waals surface area contributed by atoms with Gasteiger partial charge in [0.2, 0.25) is 5.91 Å². The summed E-state index contributed by atoms with van der Waals surface area (Å²) in [6.45, 7) is -5.46. The summed E-state index contributed by atoms with van der Waals surface area (Å²) < 4.78 is 49.2. The van der Waals surface area contributed by atoms with Crippen LogP contribution in [0.5, 0.6) is 0 Å². The first-order valence-corrected chi connectivity index (χ1v) is 3.61. The molecule has 1 aromatic carbocycles. The van der Waals surface area contributed by atoms with Crippen LogP contribution in [-0.2, 0) is 0 Å². The Kier molecular flexibility index (Phi) is 5.48. The fourth-order valence-corrected chi connectivity index (χ4v) is 0.948. The van der Waals surface area contributed by atoms with Gasteiger partial charge < -0.3 is 18.7 Å². The van der Waals surface area contributed by atoms with Crippen molar-refractivity contribution in [3.63, 3.8) is 0 Å². The Bertz CT molecular complexity index is 382. The van der Waals surface area contributed by atoms with Crippen LogP contribution in [0, 0.1) is 5.82 Å². The predicted octanol–water partition coefficient (Wildman–Crippen LogP) is -2.02. The Labute approximate surface area is 126 Å². The molecule has 0 heterocycles. The van der Waals surface area contributed by atoms with Gasteiger partial charge in [0, 0.05) is 5.56 Å². The molecule has 0 unspecified atom stereocenters. The third-order valence-corrected chi connectivity index (χ3v) is 1.63. The molecular weight excluding hydrogens is 240 g/mol. The number of benzene rings is 1. The van der Waals surface area contributed by atoms with E-state index in [1.54, 1.807) is 0 Å². The molecular formula is C7H5BF4KNO. The van der Waals surface area contributed by atoms with Gasteiger partial charge in [0.15, 0.2) is 0 Å². The summed E-state index contributed by atoms with van der Waals surface area (Å²) >= 11 is 0. The van der Waals surface area contributed by atoms with Gasteiger partial charge in [0.1, 0.15) is 0 Å². The molecule has 0 fully saturated rings. The van der Waals surface area contributed by atoms with Crippen molar-refractivity contribution >= 4 is 18.3 Å². The fourth-order valence-electron chi connectivity index (χ4n) is 0.948. The number of hydrogen-bond acceptors (Lipinski definition) is 1. The number of halogens is 4. The summed E-state index contributed by atoms with van der Waals surface area (Å²) in [6.07, 6.45) is 0. The van der Waals surface area contributed by atoms with Crippen LogP contribution in [0.1, 0.15) is 10.4 Å². The molecule has 2 nitrogen and oxygen atoms in total. The minimum atomic E-state index is -5.46. The zero-order chi connectivity index (χ0) is 10.9. The van der Waals surface area contributed by atoms with Crippen LogP contribution < -0.4 is 62.6 Å². The molecule has 15 heavy (non-hydrogen) atoms. The van der Waals surface area contributed by atoms with E-state index in [4.69, 9.17) is 5.73 Å². The molecule has 0 aliphatic rings. The van der Waals surface area contributed by atoms with E-state index in [1.807, 2.05) is 0 Å². The molecule has 1 amide bonds. The molecule has 0 saturated heterocycles. The van der Waals surface area contributed by atoms with E-state index in [9.17, 15) is 22.1 Å². The van der Waals surface area contributed by atoms with Crippen LogP contribution >= 0.6 is 0 Å². The molecule has 0 spiro atoms. The zero-order valence-electron chi connectivity index (χ0n) is 7.81. The number of primary amides is 1. The van der Waals surface area contributed by atoms with Crippen LogP contribution in [0.3, 0.4) is 0 Å². The van der Waals surface area contributed by atoms with Gasteiger partial charge in [-0.2, -0.15) is 0 Å². The van der Waals surface area contributed by atoms with Crippen molar-refractivity contribution in [1.82, 2.24) is 0 Å². The normalized spacial score (nSPS) is 10.7. The molecule has 0 aliphatic carbocycles. The average molecular weight is 245 g/mol. The Morgan fingerprint density at radius 3 is 2.20 bits per heavy atom. The van der Waals surface area contributed by atoms with Crippen LogP contribution in [-0.4, -0.2) is 12.9 Å². The first kappa shape index (κ1) is 15.1. The monoisotopic (exact) mass is 245 g/mol. The van der Waals surface area contributed by atoms with Gasteiger partial charge in [-0.05, 0) is 12.1 Å². The molecule has 1 rings (SSSR count). The molecule has 0 bridgehead atoms. The van der Waals surface area contributed by atoms with Gasteiger partial charge in [-0.15, -0.1) is 0 Å². The number of hydrogen-bond donors (Lipinski definition) is 1. The van der Waals surface area contributed by atoms with E-state index in [1.165, 1.54) is 0 Å². The molecule has 0 atom stereocenters. The summed E-state index contributed by atoms with van der Waals surface area (Å²) in [6, 6.07) is 1.89. The van der Waals surface area contributed by atoms with Crippen molar-refractivity contribution in [2.24, 2.45) is 5.73 Å². The topological polar surface area (TPSA) is 43.1 Å². The van der Waals surface area contributed by atoms with Crippen molar-refractivity contribution in [3.8, 4) is 0 Å². The molecule has 76 valence electrons. The van der Waals surface area contributed by atoms with Crippen molar-refractivity contribution in [2.75, 3.05) is 0 Å². The van der Waals surface area contributed by atoms with E-state index < -0.39 is 24.2 Å². The van der Waals surface area contributed by atoms with Gasteiger partial charge in [-0.1, -0.05) is 11.5 Å². The Morgan fingerprint density at radius 2 is 1.80 bits per heavy atom. The summed E-state index contributed by atoms with van der Waals surface area (Å²) in [5, 5.41) is 0. The summed E-state index contributed by atoms with van der Waals surface area (Å²) in [5.74, 6) is -2.42. The number of carbonyl (C=O) groups excluding carboxylic acids is 1. The Morgan fingerprint density at radius 1 is 1.27 bits per heavy atom. The number of amides is 1. The van der Waals surface area contributed by atoms with E-state index in [-0.39, 0.29) is 56.9 Å². The van der Waals surface area contributed by atoms with Crippen LogP contribution in [0.2, 0.25) is 0 Å². The minimum Gasteiger partial charge on any atom is -0.445 e. The first-order valence-electron chi connectivity index (χ1n) is 3.61. The number of rotatable bonds is 2. The summed E-state index contributed by atoms with van der Waals surface area (Å²) in [7, 11) is 0. The molecule has 0 aromatic heterocycles. The van der Waals surface area contributed by atoms with Crippen molar-refractivity contribution in [3.05, 3.63) is 29.6 Å². The van der Waals surface area contributed by atoms with Crippen LogP contribution in [0.15, 0.2) is 18.2 Å². The molecule has 0 radical (unpaired) electrons. The van der Waals surface area contributed by atoms with Gasteiger partial charge in [-0.25, -0.2) is 4.39 Å². The van der Waals surface area contributed by atoms with Crippen molar-refractivity contribution < 1.29 is 73.5 Å². The molecule has 2 N–H and O–H groups in total. The Hall–Kier alpha value is 0.111. The smallest absolute Gasteiger partial charge is 0.445 e. The zero-order valence-corrected chi connectivity index (χ0v) is 10.9. The molecule has 0 aliphatic heterocycles. The maximum atomic E-state index is 12.7. The second-order valence-electron chi connectivity index (χ2n) is 2.68. The van der Waals surface area contributed by atoms with Gasteiger partial charge in [0.25, 0.3) is 0 Å². The van der Waals surface area contributed by atoms with Gasteiger partial charge >= 0.3 is 58.4 Å². The van der Waals surface area contributed by atoms with E-state index in [0.717, 1.165) is 6.07 Å². The first-order chi connectivity index (χ1) is 6.32. The quantitative estimate of drug-likeness (QED) is 0.474. The summed E-state index contributed by atoms with van der Waals surface area (Å²) in [4.78, 5) is 10.5. The van der Waals surface area contributed by atoms with Crippen molar-refractivity contribution in [1.29, 1.82) is 0 Å². The standard InChI is InChI=1S/C7H5BF4NO.K/c9-6-2-1-4(7(13)14)3-5(6)8(10,11)12;/h1-3H,(H2,13,14);/q-1;+1. The van der Waals surface area contributed by atoms with Crippen LogP contribution in [0.4, 0.5) is 17.3 Å². The fraction of sp³-hybridized carbons (Fsp3) is 0. The maximum absolute atomic E-state index is 12.7. The largest absolute Gasteiger partial charge is 1.00 e. The average Bonchev–Trinajstić information content (AvgIpc) is 2.02. The molecule has 1 aromatic rings. The maximum Gasteiger partial charge on any atom is 1.00 e. The predicted molar refractivity (Wildman–Crippen MR) is 43.6 cm³/mol. The number of carbonyl (C=O) groups is 1. The SMILES string of the molecule is NC(=O)c1ccc(F)c([B-](F)(F)F)c1.[K+]. The van der Waals surface area contributed by atoms with E-state index in [0.29, 0.717) is 12.1 Å². The van der Waals surface area contributed by atoms with E-state index >= 15 is 0 Å². The third-order valence-electron chi connectivity index (χ3n) is 1.63. The molecule has 8 heteroatoms. The second-order valence-corrected chi connectivity index (χ2v) is 2.68. The second kappa shape index (κ2) is 5.44. The molecule has 0 saturated carbocycles. The summed E-state index contributed by atoms with van der Waals surface area (Å²) in [5.41, 5.74) is 2.96.